The third kappa shape index (κ3) is 6.71. The van der Waals surface area contributed by atoms with E-state index >= 15 is 0 Å². The summed E-state index contributed by atoms with van der Waals surface area (Å²) in [5.74, 6) is -2.18. The lowest BCUT2D eigenvalue weighted by atomic mass is 9.91. The Hall–Kier alpha value is -1.72. The van der Waals surface area contributed by atoms with E-state index in [4.69, 9.17) is 14.6 Å². The number of nitrogens with zero attached hydrogens (tertiary/aromatic N) is 2. The molecule has 0 saturated carbocycles. The first kappa shape index (κ1) is 22.6. The summed E-state index contributed by atoms with van der Waals surface area (Å²) in [5, 5.41) is 13.2. The van der Waals surface area contributed by atoms with E-state index < -0.39 is 12.1 Å². The van der Waals surface area contributed by atoms with Crippen LogP contribution in [0.2, 0.25) is 0 Å². The number of aliphatic carboxylic acids is 1. The van der Waals surface area contributed by atoms with E-state index in [0.717, 1.165) is 37.5 Å². The highest BCUT2D eigenvalue weighted by Gasteiger charge is 2.42. The third-order valence-corrected chi connectivity index (χ3v) is 5.21. The summed E-state index contributed by atoms with van der Waals surface area (Å²) < 4.78 is 37.7. The van der Waals surface area contributed by atoms with Crippen molar-refractivity contribution in [3.8, 4) is 0 Å². The number of carboxylic acids is 1. The standard InChI is InChI=1S/C15H23N3O2S.C2HF3O2/c1-10(2)17-15(19)12-7-11-3-5-18(8-13(11)20-12)9-14-16-4-6-21-14;3-2(4,5)1(6)7/h4,6,10-13H,3,5,7-9H2,1-2H3,(H,17,19);(H,6,7)/t11-,12-,13+;/m0./s1. The van der Waals surface area contributed by atoms with Gasteiger partial charge >= 0.3 is 12.1 Å². The number of thiazole rings is 1. The van der Waals surface area contributed by atoms with Crippen molar-refractivity contribution in [3.63, 3.8) is 0 Å². The van der Waals surface area contributed by atoms with Crippen molar-refractivity contribution >= 4 is 23.2 Å². The van der Waals surface area contributed by atoms with Crippen molar-refractivity contribution in [2.24, 2.45) is 5.92 Å². The second-order valence-electron chi connectivity index (χ2n) is 7.07. The number of halogens is 3. The van der Waals surface area contributed by atoms with Crippen LogP contribution in [0.5, 0.6) is 0 Å². The zero-order valence-corrected chi connectivity index (χ0v) is 16.4. The quantitative estimate of drug-likeness (QED) is 0.772. The maximum atomic E-state index is 12.1. The number of amides is 1. The molecule has 3 rings (SSSR count). The SMILES string of the molecule is CC(C)NC(=O)[C@@H]1C[C@@H]2CCN(Cc3nccs3)C[C@H]2O1.O=C(O)C(F)(F)F. The molecular formula is C17H24F3N3O4S. The Labute approximate surface area is 164 Å². The van der Waals surface area contributed by atoms with Gasteiger partial charge in [0.05, 0.1) is 12.6 Å². The van der Waals surface area contributed by atoms with Gasteiger partial charge in [-0.1, -0.05) is 0 Å². The maximum absolute atomic E-state index is 12.1. The van der Waals surface area contributed by atoms with Crippen LogP contribution < -0.4 is 5.32 Å². The molecule has 0 radical (unpaired) electrons. The summed E-state index contributed by atoms with van der Waals surface area (Å²) in [6, 6.07) is 0.171. The minimum absolute atomic E-state index is 0.0471. The van der Waals surface area contributed by atoms with Gasteiger partial charge in [0.25, 0.3) is 0 Å². The first-order chi connectivity index (χ1) is 13.1. The van der Waals surface area contributed by atoms with Crippen LogP contribution in [-0.4, -0.2) is 64.4 Å². The molecule has 0 spiro atoms. The van der Waals surface area contributed by atoms with E-state index in [9.17, 15) is 18.0 Å². The number of fused-ring (bicyclic) bond motifs is 1. The molecule has 2 saturated heterocycles. The molecule has 1 aromatic heterocycles. The average Bonchev–Trinajstić information content (AvgIpc) is 3.22. The smallest absolute Gasteiger partial charge is 0.475 e. The number of ether oxygens (including phenoxy) is 1. The fourth-order valence-electron chi connectivity index (χ4n) is 3.21. The lowest BCUT2D eigenvalue weighted by molar-refractivity contribution is -0.192. The summed E-state index contributed by atoms with van der Waals surface area (Å²) >= 11 is 1.70. The first-order valence-electron chi connectivity index (χ1n) is 8.93. The first-order valence-corrected chi connectivity index (χ1v) is 9.81. The highest BCUT2D eigenvalue weighted by molar-refractivity contribution is 7.09. The normalized spacial score (nSPS) is 25.0. The number of aromatic nitrogens is 1. The summed E-state index contributed by atoms with van der Waals surface area (Å²) in [6.45, 7) is 6.84. The van der Waals surface area contributed by atoms with Gasteiger partial charge in [0.1, 0.15) is 11.1 Å². The zero-order chi connectivity index (χ0) is 20.9. The monoisotopic (exact) mass is 423 g/mol. The molecule has 3 atom stereocenters. The topological polar surface area (TPSA) is 91.8 Å². The number of nitrogens with one attached hydrogen (secondary N) is 1. The minimum atomic E-state index is -5.08. The molecule has 1 aromatic rings. The molecule has 28 heavy (non-hydrogen) atoms. The van der Waals surface area contributed by atoms with Crippen LogP contribution >= 0.6 is 11.3 Å². The second-order valence-corrected chi connectivity index (χ2v) is 8.05. The van der Waals surface area contributed by atoms with Crippen LogP contribution in [-0.2, 0) is 20.9 Å². The fourth-order valence-corrected chi connectivity index (χ4v) is 3.86. The molecule has 11 heteroatoms. The molecule has 2 N–H and O–H groups in total. The number of carbonyl (C=O) groups is 2. The molecule has 7 nitrogen and oxygen atoms in total. The highest BCUT2D eigenvalue weighted by atomic mass is 32.1. The number of carbonyl (C=O) groups excluding carboxylic acids is 1. The molecule has 0 bridgehead atoms. The van der Waals surface area contributed by atoms with Crippen molar-refractivity contribution in [1.82, 2.24) is 15.2 Å². The predicted molar refractivity (Wildman–Crippen MR) is 95.7 cm³/mol. The summed E-state index contributed by atoms with van der Waals surface area (Å²) in [5.41, 5.74) is 0. The molecule has 2 aliphatic rings. The van der Waals surface area contributed by atoms with E-state index in [1.807, 2.05) is 25.4 Å². The van der Waals surface area contributed by atoms with Crippen LogP contribution in [0.3, 0.4) is 0 Å². The Kier molecular flexibility index (Phi) is 7.79. The Morgan fingerprint density at radius 3 is 2.68 bits per heavy atom. The van der Waals surface area contributed by atoms with Gasteiger partial charge in [-0.05, 0) is 39.2 Å². The Morgan fingerprint density at radius 2 is 2.14 bits per heavy atom. The fraction of sp³-hybridized carbons (Fsp3) is 0.706. The van der Waals surface area contributed by atoms with Crippen molar-refractivity contribution in [2.45, 2.75) is 57.7 Å². The van der Waals surface area contributed by atoms with Crippen molar-refractivity contribution in [2.75, 3.05) is 13.1 Å². The van der Waals surface area contributed by atoms with Crippen molar-refractivity contribution < 1.29 is 32.6 Å². The van der Waals surface area contributed by atoms with Gasteiger partial charge in [-0.15, -0.1) is 11.3 Å². The number of rotatable bonds is 4. The number of likely N-dealkylation sites (tertiary alicyclic amines) is 1. The van der Waals surface area contributed by atoms with E-state index in [1.54, 1.807) is 11.3 Å². The Bertz CT molecular complexity index is 655. The second kappa shape index (κ2) is 9.66. The van der Waals surface area contributed by atoms with Crippen LogP contribution in [0.25, 0.3) is 0 Å². The van der Waals surface area contributed by atoms with Gasteiger partial charge in [0.2, 0.25) is 5.91 Å². The zero-order valence-electron chi connectivity index (χ0n) is 15.6. The van der Waals surface area contributed by atoms with Gasteiger partial charge < -0.3 is 15.2 Å². The van der Waals surface area contributed by atoms with E-state index in [-0.39, 0.29) is 24.2 Å². The summed E-state index contributed by atoms with van der Waals surface area (Å²) in [6.07, 6.45) is -1.31. The van der Waals surface area contributed by atoms with Gasteiger partial charge in [-0.3, -0.25) is 9.69 Å². The molecule has 3 heterocycles. The molecule has 158 valence electrons. The number of carboxylic acid groups (broad SMARTS) is 1. The highest BCUT2D eigenvalue weighted by Crippen LogP contribution is 2.33. The lowest BCUT2D eigenvalue weighted by Crippen LogP contribution is -2.42. The lowest BCUT2D eigenvalue weighted by Gasteiger charge is -2.33. The maximum Gasteiger partial charge on any atom is 0.490 e. The molecular weight excluding hydrogens is 399 g/mol. The number of hydrogen-bond donors (Lipinski definition) is 2. The third-order valence-electron chi connectivity index (χ3n) is 4.44. The van der Waals surface area contributed by atoms with E-state index in [0.29, 0.717) is 5.92 Å². The van der Waals surface area contributed by atoms with Gasteiger partial charge in [0, 0.05) is 24.2 Å². The van der Waals surface area contributed by atoms with E-state index in [1.165, 1.54) is 0 Å². The molecule has 0 unspecified atom stereocenters. The number of piperidine rings is 1. The van der Waals surface area contributed by atoms with Crippen molar-refractivity contribution in [1.29, 1.82) is 0 Å². The number of alkyl halides is 3. The average molecular weight is 423 g/mol. The van der Waals surface area contributed by atoms with Crippen LogP contribution in [0.1, 0.15) is 31.7 Å². The van der Waals surface area contributed by atoms with Gasteiger partial charge in [0.15, 0.2) is 0 Å². The molecule has 1 amide bonds. The van der Waals surface area contributed by atoms with Gasteiger partial charge in [-0.25, -0.2) is 9.78 Å². The predicted octanol–water partition coefficient (Wildman–Crippen LogP) is 2.28. The van der Waals surface area contributed by atoms with Crippen LogP contribution in [0.4, 0.5) is 13.2 Å². The van der Waals surface area contributed by atoms with Gasteiger partial charge in [-0.2, -0.15) is 13.2 Å². The molecule has 0 aliphatic carbocycles. The molecule has 2 aliphatic heterocycles. The minimum Gasteiger partial charge on any atom is -0.475 e. The molecule has 2 fully saturated rings. The number of hydrogen-bond acceptors (Lipinski definition) is 6. The van der Waals surface area contributed by atoms with Crippen LogP contribution in [0.15, 0.2) is 11.6 Å². The Morgan fingerprint density at radius 1 is 1.46 bits per heavy atom. The Balaban J connectivity index is 0.000000345. The van der Waals surface area contributed by atoms with E-state index in [2.05, 4.69) is 15.2 Å². The summed E-state index contributed by atoms with van der Waals surface area (Å²) in [4.78, 5) is 27.7. The summed E-state index contributed by atoms with van der Waals surface area (Å²) in [7, 11) is 0. The van der Waals surface area contributed by atoms with Crippen LogP contribution in [0, 0.1) is 5.92 Å². The van der Waals surface area contributed by atoms with Crippen molar-refractivity contribution in [3.05, 3.63) is 16.6 Å². The molecule has 0 aromatic carbocycles. The largest absolute Gasteiger partial charge is 0.490 e.